The maximum absolute atomic E-state index is 6.14. The predicted octanol–water partition coefficient (Wildman–Crippen LogP) is 3.71. The summed E-state index contributed by atoms with van der Waals surface area (Å²) in [6, 6.07) is 0. The second kappa shape index (κ2) is 2.58. The molecule has 0 unspecified atom stereocenters. The van der Waals surface area contributed by atoms with Crippen molar-refractivity contribution in [1.82, 2.24) is 0 Å². The fourth-order valence-electron chi connectivity index (χ4n) is 1.59. The Kier molecular flexibility index (Phi) is 2.10. The van der Waals surface area contributed by atoms with Gasteiger partial charge in [-0.25, -0.2) is 0 Å². The molecular formula is C9H15Cl. The van der Waals surface area contributed by atoms with E-state index in [1.807, 2.05) is 0 Å². The van der Waals surface area contributed by atoms with Crippen LogP contribution in [0, 0.1) is 5.41 Å². The van der Waals surface area contributed by atoms with Gasteiger partial charge in [0.15, 0.2) is 0 Å². The smallest absolute Gasteiger partial charge is 0.0226 e. The molecule has 0 heterocycles. The topological polar surface area (TPSA) is 0 Å². The van der Waals surface area contributed by atoms with Crippen LogP contribution >= 0.6 is 11.6 Å². The highest BCUT2D eigenvalue weighted by molar-refractivity contribution is 6.30. The Hall–Kier alpha value is 0.0300. The van der Waals surface area contributed by atoms with Crippen molar-refractivity contribution in [1.29, 1.82) is 0 Å². The molecule has 0 aromatic heterocycles. The Morgan fingerprint density at radius 1 is 1.40 bits per heavy atom. The lowest BCUT2D eigenvalue weighted by Gasteiger charge is -2.30. The monoisotopic (exact) mass is 158 g/mol. The quantitative estimate of drug-likeness (QED) is 0.504. The highest BCUT2D eigenvalue weighted by Gasteiger charge is 2.26. The number of halogens is 1. The lowest BCUT2D eigenvalue weighted by Crippen LogP contribution is -2.16. The number of allylic oxidation sites excluding steroid dienone is 2. The van der Waals surface area contributed by atoms with Crippen molar-refractivity contribution in [2.24, 2.45) is 5.41 Å². The predicted molar refractivity (Wildman–Crippen MR) is 46.2 cm³/mol. The second-order valence-electron chi connectivity index (χ2n) is 3.83. The molecule has 0 radical (unpaired) electrons. The second-order valence-corrected chi connectivity index (χ2v) is 4.21. The van der Waals surface area contributed by atoms with E-state index < -0.39 is 0 Å². The first-order valence-electron chi connectivity index (χ1n) is 3.90. The van der Waals surface area contributed by atoms with Crippen LogP contribution in [-0.2, 0) is 0 Å². The van der Waals surface area contributed by atoms with Gasteiger partial charge in [0.2, 0.25) is 0 Å². The van der Waals surface area contributed by atoms with E-state index >= 15 is 0 Å². The first-order valence-corrected chi connectivity index (χ1v) is 4.27. The summed E-state index contributed by atoms with van der Waals surface area (Å²) in [4.78, 5) is 0. The van der Waals surface area contributed by atoms with E-state index in [2.05, 4.69) is 20.8 Å². The van der Waals surface area contributed by atoms with Crippen LogP contribution in [0.4, 0.5) is 0 Å². The van der Waals surface area contributed by atoms with Gasteiger partial charge in [-0.15, -0.1) is 0 Å². The lowest BCUT2D eigenvalue weighted by molar-refractivity contribution is 0.387. The summed E-state index contributed by atoms with van der Waals surface area (Å²) in [7, 11) is 0. The van der Waals surface area contributed by atoms with E-state index in [0.717, 1.165) is 5.03 Å². The van der Waals surface area contributed by atoms with Crippen molar-refractivity contribution < 1.29 is 0 Å². The van der Waals surface area contributed by atoms with E-state index in [-0.39, 0.29) is 5.41 Å². The van der Waals surface area contributed by atoms with E-state index in [9.17, 15) is 0 Å². The van der Waals surface area contributed by atoms with Crippen molar-refractivity contribution in [3.63, 3.8) is 0 Å². The van der Waals surface area contributed by atoms with Crippen LogP contribution in [0.2, 0.25) is 0 Å². The van der Waals surface area contributed by atoms with Gasteiger partial charge in [0.25, 0.3) is 0 Å². The van der Waals surface area contributed by atoms with Crippen molar-refractivity contribution in [3.05, 3.63) is 10.6 Å². The van der Waals surface area contributed by atoms with Crippen molar-refractivity contribution in [2.45, 2.75) is 40.0 Å². The summed E-state index contributed by atoms with van der Waals surface area (Å²) in [6.45, 7) is 6.58. The molecule has 10 heavy (non-hydrogen) atoms. The molecular weight excluding hydrogens is 144 g/mol. The van der Waals surface area contributed by atoms with Crippen LogP contribution in [0.5, 0.6) is 0 Å². The minimum absolute atomic E-state index is 0.254. The van der Waals surface area contributed by atoms with Crippen molar-refractivity contribution in [3.8, 4) is 0 Å². The first kappa shape index (κ1) is 8.13. The number of hydrogen-bond acceptors (Lipinski definition) is 0. The minimum atomic E-state index is 0.254. The van der Waals surface area contributed by atoms with Gasteiger partial charge >= 0.3 is 0 Å². The molecule has 0 fully saturated rings. The molecule has 0 nitrogen and oxygen atoms in total. The van der Waals surface area contributed by atoms with Crippen molar-refractivity contribution >= 4 is 11.6 Å². The van der Waals surface area contributed by atoms with Gasteiger partial charge in [-0.1, -0.05) is 31.0 Å². The minimum Gasteiger partial charge on any atom is -0.0886 e. The fourth-order valence-corrected chi connectivity index (χ4v) is 1.78. The van der Waals surface area contributed by atoms with Crippen LogP contribution in [0.1, 0.15) is 40.0 Å². The Morgan fingerprint density at radius 3 is 2.40 bits per heavy atom. The summed E-state index contributed by atoms with van der Waals surface area (Å²) >= 11 is 6.14. The molecule has 1 aliphatic carbocycles. The average molecular weight is 159 g/mol. The van der Waals surface area contributed by atoms with E-state index in [4.69, 9.17) is 11.6 Å². The van der Waals surface area contributed by atoms with Crippen LogP contribution in [0.25, 0.3) is 0 Å². The number of hydrogen-bond donors (Lipinski definition) is 0. The largest absolute Gasteiger partial charge is 0.0886 e. The summed E-state index contributed by atoms with van der Waals surface area (Å²) in [5, 5.41) is 1.10. The fraction of sp³-hybridized carbons (Fsp3) is 0.778. The molecule has 0 saturated heterocycles. The zero-order valence-electron chi connectivity index (χ0n) is 7.00. The third-order valence-electron chi connectivity index (χ3n) is 2.32. The van der Waals surface area contributed by atoms with Gasteiger partial charge in [0.05, 0.1) is 0 Å². The Balaban J connectivity index is 2.89. The van der Waals surface area contributed by atoms with Gasteiger partial charge in [0.1, 0.15) is 0 Å². The maximum Gasteiger partial charge on any atom is 0.0226 e. The molecule has 1 aliphatic rings. The molecule has 0 bridgehead atoms. The zero-order valence-corrected chi connectivity index (χ0v) is 7.76. The average Bonchev–Trinajstić information content (AvgIpc) is 1.83. The Labute approximate surface area is 68.3 Å². The van der Waals surface area contributed by atoms with Gasteiger partial charge in [-0.3, -0.25) is 0 Å². The standard InChI is InChI=1S/C9H15Cl/c1-7-5-4-6-9(2,3)8(7)10/h4-6H2,1-3H3. The van der Waals surface area contributed by atoms with E-state index in [0.29, 0.717) is 0 Å². The molecule has 0 aliphatic heterocycles. The maximum atomic E-state index is 6.14. The highest BCUT2D eigenvalue weighted by atomic mass is 35.5. The summed E-state index contributed by atoms with van der Waals surface area (Å²) in [6.07, 6.45) is 3.74. The third kappa shape index (κ3) is 1.37. The van der Waals surface area contributed by atoms with Gasteiger partial charge in [-0.2, -0.15) is 0 Å². The van der Waals surface area contributed by atoms with E-state index in [1.165, 1.54) is 24.8 Å². The van der Waals surface area contributed by atoms with Crippen molar-refractivity contribution in [2.75, 3.05) is 0 Å². The molecule has 0 spiro atoms. The highest BCUT2D eigenvalue weighted by Crippen LogP contribution is 2.41. The number of rotatable bonds is 0. The molecule has 58 valence electrons. The van der Waals surface area contributed by atoms with Gasteiger partial charge in [0, 0.05) is 10.4 Å². The first-order chi connectivity index (χ1) is 4.54. The lowest BCUT2D eigenvalue weighted by atomic mass is 9.80. The van der Waals surface area contributed by atoms with Crippen LogP contribution in [0.15, 0.2) is 10.6 Å². The van der Waals surface area contributed by atoms with Gasteiger partial charge in [-0.05, 0) is 26.2 Å². The zero-order chi connectivity index (χ0) is 7.78. The summed E-state index contributed by atoms with van der Waals surface area (Å²) < 4.78 is 0. The SMILES string of the molecule is CC1=C(Cl)C(C)(C)CCC1. The summed E-state index contributed by atoms with van der Waals surface area (Å²) in [5.41, 5.74) is 1.64. The molecule has 0 aromatic rings. The van der Waals surface area contributed by atoms with Crippen LogP contribution in [-0.4, -0.2) is 0 Å². The molecule has 0 saturated carbocycles. The summed E-state index contributed by atoms with van der Waals surface area (Å²) in [5.74, 6) is 0. The molecule has 0 aromatic carbocycles. The molecule has 1 rings (SSSR count). The molecule has 0 N–H and O–H groups in total. The molecule has 1 heteroatoms. The van der Waals surface area contributed by atoms with Crippen LogP contribution < -0.4 is 0 Å². The van der Waals surface area contributed by atoms with Gasteiger partial charge < -0.3 is 0 Å². The molecule has 0 atom stereocenters. The Bertz CT molecular complexity index is 166. The molecule has 0 amide bonds. The normalized spacial score (nSPS) is 25.2. The van der Waals surface area contributed by atoms with E-state index in [1.54, 1.807) is 0 Å². The Morgan fingerprint density at radius 2 is 2.00 bits per heavy atom. The van der Waals surface area contributed by atoms with Crippen LogP contribution in [0.3, 0.4) is 0 Å². The third-order valence-corrected chi connectivity index (χ3v) is 3.16.